The van der Waals surface area contributed by atoms with E-state index < -0.39 is 0 Å². The van der Waals surface area contributed by atoms with Crippen molar-refractivity contribution in [1.82, 2.24) is 4.98 Å². The number of hydrogen-bond acceptors (Lipinski definition) is 3. The molecule has 0 amide bonds. The Hall–Kier alpha value is -1.58. The van der Waals surface area contributed by atoms with Crippen molar-refractivity contribution in [3.8, 4) is 16.9 Å². The molecular weight excluding hydrogens is 248 g/mol. The molecule has 2 heterocycles. The fourth-order valence-electron chi connectivity index (χ4n) is 2.22. The number of halogens is 1. The number of nitrogens with two attached hydrogens (primary N) is 1. The molecule has 1 atom stereocenters. The number of nitrogens with zero attached hydrogens (tertiary/aromatic N) is 1. The zero-order valence-electron chi connectivity index (χ0n) is 9.77. The summed E-state index contributed by atoms with van der Waals surface area (Å²) in [5.74, 6) is 0.778. The lowest BCUT2D eigenvalue weighted by Gasteiger charge is -2.08. The predicted molar refractivity (Wildman–Crippen MR) is 71.9 cm³/mol. The van der Waals surface area contributed by atoms with Gasteiger partial charge in [0.2, 0.25) is 0 Å². The monoisotopic (exact) mass is 260 g/mol. The summed E-state index contributed by atoms with van der Waals surface area (Å²) < 4.78 is 5.71. The first-order valence-electron chi connectivity index (χ1n) is 5.87. The van der Waals surface area contributed by atoms with Gasteiger partial charge in [0.1, 0.15) is 11.9 Å². The number of rotatable bonds is 2. The van der Waals surface area contributed by atoms with Gasteiger partial charge in [-0.1, -0.05) is 17.7 Å². The average Bonchev–Trinajstić information content (AvgIpc) is 2.83. The van der Waals surface area contributed by atoms with Crippen LogP contribution in [0.3, 0.4) is 0 Å². The second-order valence-electron chi connectivity index (χ2n) is 4.37. The summed E-state index contributed by atoms with van der Waals surface area (Å²) >= 11 is 6.26. The van der Waals surface area contributed by atoms with Gasteiger partial charge in [0, 0.05) is 36.5 Å². The van der Waals surface area contributed by atoms with E-state index in [-0.39, 0.29) is 6.10 Å². The van der Waals surface area contributed by atoms with Crippen LogP contribution in [-0.4, -0.2) is 17.6 Å². The van der Waals surface area contributed by atoms with Crippen LogP contribution in [0.4, 0.5) is 0 Å². The molecular formula is C14H13ClN2O. The lowest BCUT2D eigenvalue weighted by molar-refractivity contribution is 0.241. The van der Waals surface area contributed by atoms with Crippen LogP contribution in [0.25, 0.3) is 11.1 Å². The Balaban J connectivity index is 2.04. The zero-order valence-corrected chi connectivity index (χ0v) is 10.5. The Morgan fingerprint density at radius 1 is 1.39 bits per heavy atom. The van der Waals surface area contributed by atoms with Crippen LogP contribution in [0.15, 0.2) is 36.7 Å². The van der Waals surface area contributed by atoms with Gasteiger partial charge >= 0.3 is 0 Å². The topological polar surface area (TPSA) is 48.1 Å². The van der Waals surface area contributed by atoms with Crippen LogP contribution < -0.4 is 10.5 Å². The largest absolute Gasteiger partial charge is 0.487 e. The van der Waals surface area contributed by atoms with Crippen molar-refractivity contribution in [3.63, 3.8) is 0 Å². The molecule has 18 heavy (non-hydrogen) atoms. The summed E-state index contributed by atoms with van der Waals surface area (Å²) in [6.45, 7) is 0.507. The van der Waals surface area contributed by atoms with E-state index in [0.29, 0.717) is 11.6 Å². The molecule has 0 saturated heterocycles. The molecule has 1 unspecified atom stereocenters. The van der Waals surface area contributed by atoms with Crippen LogP contribution >= 0.6 is 11.6 Å². The highest BCUT2D eigenvalue weighted by Crippen LogP contribution is 2.39. The molecule has 0 aliphatic carbocycles. The Bertz CT molecular complexity index is 572. The third kappa shape index (κ3) is 1.96. The maximum absolute atomic E-state index is 6.26. The SMILES string of the molecule is NCC1Cc2cc(-c3cccnc3)cc(Cl)c2O1. The van der Waals surface area contributed by atoms with Gasteiger partial charge in [0.25, 0.3) is 0 Å². The number of ether oxygens (including phenoxy) is 1. The Labute approximate surface area is 111 Å². The van der Waals surface area contributed by atoms with Gasteiger partial charge in [-0.05, 0) is 23.8 Å². The second-order valence-corrected chi connectivity index (χ2v) is 4.77. The number of hydrogen-bond donors (Lipinski definition) is 1. The van der Waals surface area contributed by atoms with E-state index in [1.165, 1.54) is 0 Å². The van der Waals surface area contributed by atoms with E-state index in [4.69, 9.17) is 22.1 Å². The molecule has 2 N–H and O–H groups in total. The van der Waals surface area contributed by atoms with E-state index in [9.17, 15) is 0 Å². The van der Waals surface area contributed by atoms with Crippen LogP contribution in [0.5, 0.6) is 5.75 Å². The Morgan fingerprint density at radius 3 is 3.00 bits per heavy atom. The summed E-state index contributed by atoms with van der Waals surface area (Å²) in [6, 6.07) is 7.95. The van der Waals surface area contributed by atoms with E-state index in [0.717, 1.165) is 28.9 Å². The lowest BCUT2D eigenvalue weighted by Crippen LogP contribution is -2.24. The van der Waals surface area contributed by atoms with E-state index in [1.54, 1.807) is 6.20 Å². The molecule has 0 spiro atoms. The molecule has 3 rings (SSSR count). The van der Waals surface area contributed by atoms with Gasteiger partial charge in [-0.2, -0.15) is 0 Å². The first-order chi connectivity index (χ1) is 8.78. The highest BCUT2D eigenvalue weighted by molar-refractivity contribution is 6.32. The molecule has 4 heteroatoms. The number of aromatic nitrogens is 1. The molecule has 1 aliphatic heterocycles. The van der Waals surface area contributed by atoms with Crippen molar-refractivity contribution in [2.24, 2.45) is 5.73 Å². The number of benzene rings is 1. The standard InChI is InChI=1S/C14H13ClN2O/c15-13-6-10(9-2-1-3-17-8-9)4-11-5-12(7-16)18-14(11)13/h1-4,6,8,12H,5,7,16H2. The van der Waals surface area contributed by atoms with Crippen molar-refractivity contribution in [1.29, 1.82) is 0 Å². The predicted octanol–water partition coefficient (Wildman–Crippen LogP) is 2.66. The quantitative estimate of drug-likeness (QED) is 0.903. The van der Waals surface area contributed by atoms with Gasteiger partial charge in [0.15, 0.2) is 0 Å². The second kappa shape index (κ2) is 4.59. The summed E-state index contributed by atoms with van der Waals surface area (Å²) in [7, 11) is 0. The minimum Gasteiger partial charge on any atom is -0.487 e. The van der Waals surface area contributed by atoms with Gasteiger partial charge in [-0.25, -0.2) is 0 Å². The van der Waals surface area contributed by atoms with Crippen molar-refractivity contribution >= 4 is 11.6 Å². The molecule has 0 saturated carbocycles. The highest BCUT2D eigenvalue weighted by atomic mass is 35.5. The molecule has 92 valence electrons. The minimum absolute atomic E-state index is 0.0432. The van der Waals surface area contributed by atoms with Crippen molar-refractivity contribution < 1.29 is 4.74 Å². The van der Waals surface area contributed by atoms with Crippen molar-refractivity contribution in [2.75, 3.05) is 6.54 Å². The third-order valence-electron chi connectivity index (χ3n) is 3.11. The van der Waals surface area contributed by atoms with Crippen LogP contribution in [0.1, 0.15) is 5.56 Å². The van der Waals surface area contributed by atoms with Crippen molar-refractivity contribution in [2.45, 2.75) is 12.5 Å². The van der Waals surface area contributed by atoms with Gasteiger partial charge in [-0.3, -0.25) is 4.98 Å². The Morgan fingerprint density at radius 2 is 2.28 bits per heavy atom. The van der Waals surface area contributed by atoms with Crippen LogP contribution in [0, 0.1) is 0 Å². The summed E-state index contributed by atoms with van der Waals surface area (Å²) in [6.07, 6.45) is 4.45. The molecule has 3 nitrogen and oxygen atoms in total. The number of pyridine rings is 1. The summed E-state index contributed by atoms with van der Waals surface area (Å²) in [5.41, 5.74) is 8.87. The fraction of sp³-hybridized carbons (Fsp3) is 0.214. The molecule has 2 aromatic rings. The number of fused-ring (bicyclic) bond motifs is 1. The van der Waals surface area contributed by atoms with Gasteiger partial charge in [-0.15, -0.1) is 0 Å². The van der Waals surface area contributed by atoms with Crippen LogP contribution in [-0.2, 0) is 6.42 Å². The smallest absolute Gasteiger partial charge is 0.141 e. The molecule has 0 fully saturated rings. The highest BCUT2D eigenvalue weighted by Gasteiger charge is 2.24. The summed E-state index contributed by atoms with van der Waals surface area (Å²) in [4.78, 5) is 4.12. The maximum atomic E-state index is 6.26. The first kappa shape index (κ1) is 11.5. The lowest BCUT2D eigenvalue weighted by atomic mass is 10.0. The van der Waals surface area contributed by atoms with E-state index in [1.807, 2.05) is 24.4 Å². The average molecular weight is 261 g/mol. The van der Waals surface area contributed by atoms with E-state index >= 15 is 0 Å². The van der Waals surface area contributed by atoms with Gasteiger partial charge < -0.3 is 10.5 Å². The summed E-state index contributed by atoms with van der Waals surface area (Å²) in [5, 5.41) is 0.641. The fourth-order valence-corrected chi connectivity index (χ4v) is 2.50. The first-order valence-corrected chi connectivity index (χ1v) is 6.25. The third-order valence-corrected chi connectivity index (χ3v) is 3.39. The molecule has 1 aromatic heterocycles. The van der Waals surface area contributed by atoms with Crippen molar-refractivity contribution in [3.05, 3.63) is 47.2 Å². The van der Waals surface area contributed by atoms with Crippen LogP contribution in [0.2, 0.25) is 5.02 Å². The maximum Gasteiger partial charge on any atom is 0.141 e. The molecule has 1 aliphatic rings. The zero-order chi connectivity index (χ0) is 12.5. The minimum atomic E-state index is 0.0432. The Kier molecular flexibility index (Phi) is 2.94. The normalized spacial score (nSPS) is 17.3. The van der Waals surface area contributed by atoms with Gasteiger partial charge in [0.05, 0.1) is 5.02 Å². The molecule has 0 bridgehead atoms. The molecule has 0 radical (unpaired) electrons. The molecule has 1 aromatic carbocycles. The van der Waals surface area contributed by atoms with E-state index in [2.05, 4.69) is 11.1 Å².